The minimum Gasteiger partial charge on any atom is -0.481 e. The molecule has 7 nitrogen and oxygen atoms in total. The summed E-state index contributed by atoms with van der Waals surface area (Å²) in [5, 5.41) is 13.8. The van der Waals surface area contributed by atoms with Gasteiger partial charge in [0.15, 0.2) is 0 Å². The topological polar surface area (TPSA) is 104 Å². The van der Waals surface area contributed by atoms with E-state index in [0.29, 0.717) is 18.8 Å². The Morgan fingerprint density at radius 1 is 1.44 bits per heavy atom. The molecule has 98 valence electrons. The molecule has 0 aromatic carbocycles. The molecule has 18 heavy (non-hydrogen) atoms. The molecule has 1 heterocycles. The molecule has 7 heteroatoms. The lowest BCUT2D eigenvalue weighted by atomic mass is 10.1. The number of carboxylic acid groups (broad SMARTS) is 1. The number of hydrogen-bond donors (Lipinski definition) is 3. The first kappa shape index (κ1) is 13.9. The zero-order chi connectivity index (χ0) is 13.4. The molecular formula is C11H16N4O3. The molecule has 1 aromatic rings. The number of nitrogens with one attached hydrogen (secondary N) is 2. The molecular weight excluding hydrogens is 236 g/mol. The van der Waals surface area contributed by atoms with Gasteiger partial charge in [-0.25, -0.2) is 14.8 Å². The van der Waals surface area contributed by atoms with Gasteiger partial charge in [0.2, 0.25) is 0 Å². The van der Waals surface area contributed by atoms with Crippen molar-refractivity contribution in [3.63, 3.8) is 0 Å². The van der Waals surface area contributed by atoms with Crippen molar-refractivity contribution in [2.75, 3.05) is 6.54 Å². The quantitative estimate of drug-likeness (QED) is 0.679. The number of carbonyl (C=O) groups is 2. The number of carboxylic acids is 1. The van der Waals surface area contributed by atoms with Crippen molar-refractivity contribution in [3.8, 4) is 0 Å². The van der Waals surface area contributed by atoms with E-state index >= 15 is 0 Å². The Morgan fingerprint density at radius 3 is 2.83 bits per heavy atom. The highest BCUT2D eigenvalue weighted by Gasteiger charge is 2.09. The zero-order valence-corrected chi connectivity index (χ0v) is 10.1. The van der Waals surface area contributed by atoms with Gasteiger partial charge in [0.1, 0.15) is 6.33 Å². The minimum absolute atomic E-state index is 0.0339. The SMILES string of the molecule is CC(CNC(=O)NCc1ccncn1)CC(=O)O. The van der Waals surface area contributed by atoms with Crippen molar-refractivity contribution in [2.45, 2.75) is 19.9 Å². The van der Waals surface area contributed by atoms with Gasteiger partial charge in [-0.15, -0.1) is 0 Å². The van der Waals surface area contributed by atoms with Gasteiger partial charge in [-0.3, -0.25) is 4.79 Å². The summed E-state index contributed by atoms with van der Waals surface area (Å²) in [6.07, 6.45) is 3.03. The molecule has 3 N–H and O–H groups in total. The summed E-state index contributed by atoms with van der Waals surface area (Å²) in [6, 6.07) is 1.36. The van der Waals surface area contributed by atoms with Gasteiger partial charge in [-0.05, 0) is 12.0 Å². The van der Waals surface area contributed by atoms with E-state index in [9.17, 15) is 9.59 Å². The van der Waals surface area contributed by atoms with Gasteiger partial charge in [0.25, 0.3) is 0 Å². The Morgan fingerprint density at radius 2 is 2.22 bits per heavy atom. The number of nitrogens with zero attached hydrogens (tertiary/aromatic N) is 2. The number of rotatable bonds is 6. The fourth-order valence-electron chi connectivity index (χ4n) is 1.29. The standard InChI is InChI=1S/C11H16N4O3/c1-8(4-10(16)17)5-13-11(18)14-6-9-2-3-12-7-15-9/h2-3,7-8H,4-6H2,1H3,(H,16,17)(H2,13,14,18). The summed E-state index contributed by atoms with van der Waals surface area (Å²) in [6.45, 7) is 2.39. The van der Waals surface area contributed by atoms with E-state index in [4.69, 9.17) is 5.11 Å². The highest BCUT2D eigenvalue weighted by atomic mass is 16.4. The number of hydrogen-bond acceptors (Lipinski definition) is 4. The Kier molecular flexibility index (Phi) is 5.56. The Labute approximate surface area is 105 Å². The van der Waals surface area contributed by atoms with E-state index in [2.05, 4.69) is 20.6 Å². The summed E-state index contributed by atoms with van der Waals surface area (Å²) in [7, 11) is 0. The molecule has 0 fully saturated rings. The second-order valence-corrected chi connectivity index (χ2v) is 3.97. The van der Waals surface area contributed by atoms with Crippen LogP contribution < -0.4 is 10.6 Å². The molecule has 0 aliphatic heterocycles. The first-order valence-electron chi connectivity index (χ1n) is 5.56. The van der Waals surface area contributed by atoms with Gasteiger partial charge >= 0.3 is 12.0 Å². The molecule has 1 unspecified atom stereocenters. The van der Waals surface area contributed by atoms with Crippen LogP contribution in [0.2, 0.25) is 0 Å². The molecule has 0 bridgehead atoms. The number of aromatic nitrogens is 2. The summed E-state index contributed by atoms with van der Waals surface area (Å²) in [5.41, 5.74) is 0.707. The van der Waals surface area contributed by atoms with Crippen molar-refractivity contribution in [1.82, 2.24) is 20.6 Å². The monoisotopic (exact) mass is 252 g/mol. The van der Waals surface area contributed by atoms with Gasteiger partial charge in [-0.2, -0.15) is 0 Å². The molecule has 0 saturated carbocycles. The van der Waals surface area contributed by atoms with Gasteiger partial charge in [0, 0.05) is 19.2 Å². The third-order valence-corrected chi connectivity index (χ3v) is 2.21. The number of urea groups is 1. The van der Waals surface area contributed by atoms with Crippen LogP contribution >= 0.6 is 0 Å². The van der Waals surface area contributed by atoms with E-state index in [1.54, 1.807) is 19.2 Å². The highest BCUT2D eigenvalue weighted by Crippen LogP contribution is 1.99. The number of carbonyl (C=O) groups excluding carboxylic acids is 1. The summed E-state index contributed by atoms with van der Waals surface area (Å²) in [4.78, 5) is 29.5. The van der Waals surface area contributed by atoms with Crippen LogP contribution in [-0.2, 0) is 11.3 Å². The van der Waals surface area contributed by atoms with Crippen molar-refractivity contribution in [1.29, 1.82) is 0 Å². The van der Waals surface area contributed by atoms with Crippen LogP contribution in [0.5, 0.6) is 0 Å². The Balaban J connectivity index is 2.20. The van der Waals surface area contributed by atoms with Crippen LogP contribution in [0.15, 0.2) is 18.6 Å². The molecule has 1 aromatic heterocycles. The fraction of sp³-hybridized carbons (Fsp3) is 0.455. The second-order valence-electron chi connectivity index (χ2n) is 3.97. The van der Waals surface area contributed by atoms with Crippen molar-refractivity contribution in [3.05, 3.63) is 24.3 Å². The molecule has 0 aliphatic rings. The van der Waals surface area contributed by atoms with Crippen molar-refractivity contribution in [2.24, 2.45) is 5.92 Å². The fourth-order valence-corrected chi connectivity index (χ4v) is 1.29. The summed E-state index contributed by atoms with van der Waals surface area (Å²) in [5.74, 6) is -0.974. The smallest absolute Gasteiger partial charge is 0.315 e. The zero-order valence-electron chi connectivity index (χ0n) is 10.1. The number of amides is 2. The van der Waals surface area contributed by atoms with Gasteiger partial charge in [0.05, 0.1) is 12.2 Å². The van der Waals surface area contributed by atoms with E-state index in [-0.39, 0.29) is 18.4 Å². The van der Waals surface area contributed by atoms with Crippen LogP contribution in [0, 0.1) is 5.92 Å². The first-order chi connectivity index (χ1) is 8.58. The second kappa shape index (κ2) is 7.21. The third kappa shape index (κ3) is 5.78. The molecule has 0 aliphatic carbocycles. The molecule has 1 atom stereocenters. The normalized spacial score (nSPS) is 11.6. The average Bonchev–Trinajstić information content (AvgIpc) is 2.34. The number of aliphatic carboxylic acids is 1. The van der Waals surface area contributed by atoms with Crippen LogP contribution in [0.1, 0.15) is 19.0 Å². The lowest BCUT2D eigenvalue weighted by Gasteiger charge is -2.11. The molecule has 1 rings (SSSR count). The lowest BCUT2D eigenvalue weighted by molar-refractivity contribution is -0.137. The van der Waals surface area contributed by atoms with Crippen LogP contribution in [0.4, 0.5) is 4.79 Å². The summed E-state index contributed by atoms with van der Waals surface area (Å²) >= 11 is 0. The predicted molar refractivity (Wildman–Crippen MR) is 63.7 cm³/mol. The molecule has 0 saturated heterocycles. The van der Waals surface area contributed by atoms with E-state index < -0.39 is 5.97 Å². The molecule has 0 spiro atoms. The van der Waals surface area contributed by atoms with Crippen LogP contribution in [0.3, 0.4) is 0 Å². The van der Waals surface area contributed by atoms with E-state index in [0.717, 1.165) is 0 Å². The largest absolute Gasteiger partial charge is 0.481 e. The van der Waals surface area contributed by atoms with Crippen LogP contribution in [0.25, 0.3) is 0 Å². The molecule has 2 amide bonds. The van der Waals surface area contributed by atoms with Gasteiger partial charge < -0.3 is 15.7 Å². The molecule has 0 radical (unpaired) electrons. The maximum absolute atomic E-state index is 11.4. The van der Waals surface area contributed by atoms with Crippen LogP contribution in [-0.4, -0.2) is 33.6 Å². The minimum atomic E-state index is -0.870. The van der Waals surface area contributed by atoms with Gasteiger partial charge in [-0.1, -0.05) is 6.92 Å². The third-order valence-electron chi connectivity index (χ3n) is 2.21. The lowest BCUT2D eigenvalue weighted by Crippen LogP contribution is -2.37. The van der Waals surface area contributed by atoms with E-state index in [1.807, 2.05) is 0 Å². The van der Waals surface area contributed by atoms with Crippen molar-refractivity contribution < 1.29 is 14.7 Å². The first-order valence-corrected chi connectivity index (χ1v) is 5.56. The summed E-state index contributed by atoms with van der Waals surface area (Å²) < 4.78 is 0. The maximum Gasteiger partial charge on any atom is 0.315 e. The average molecular weight is 252 g/mol. The Bertz CT molecular complexity index is 397. The predicted octanol–water partition coefficient (Wildman–Crippen LogP) is 0.387. The Hall–Kier alpha value is -2.18. The van der Waals surface area contributed by atoms with Crippen molar-refractivity contribution >= 4 is 12.0 Å². The van der Waals surface area contributed by atoms with E-state index in [1.165, 1.54) is 6.33 Å². The maximum atomic E-state index is 11.4. The highest BCUT2D eigenvalue weighted by molar-refractivity contribution is 5.73.